The largest absolute Gasteiger partial charge is 0.480 e. The smallest absolute Gasteiger partial charge is 0.265 e. The number of hydrogen-bond acceptors (Lipinski definition) is 10. The molecule has 0 saturated carbocycles. The molecular formula is C71H92N8O5. The maximum atomic E-state index is 14.7. The van der Waals surface area contributed by atoms with Crippen LogP contribution in [0.5, 0.6) is 11.5 Å². The molecule has 0 aliphatic carbocycles. The number of aliphatic imine (C=N–C) groups is 1. The molecule has 2 atom stereocenters. The van der Waals surface area contributed by atoms with Crippen LogP contribution in [0.1, 0.15) is 202 Å². The van der Waals surface area contributed by atoms with Gasteiger partial charge in [-0.25, -0.2) is 4.99 Å². The van der Waals surface area contributed by atoms with Crippen LogP contribution >= 0.6 is 0 Å². The summed E-state index contributed by atoms with van der Waals surface area (Å²) in [6.45, 7) is 38.8. The maximum absolute atomic E-state index is 14.7. The highest BCUT2D eigenvalue weighted by Crippen LogP contribution is 2.42. The van der Waals surface area contributed by atoms with E-state index >= 15 is 0 Å². The molecule has 0 bridgehead atoms. The zero-order valence-corrected chi connectivity index (χ0v) is 53.3. The van der Waals surface area contributed by atoms with Gasteiger partial charge in [-0.3, -0.25) is 9.59 Å². The lowest BCUT2D eigenvalue weighted by Gasteiger charge is -2.31. The molecule has 1 aliphatic rings. The van der Waals surface area contributed by atoms with E-state index in [1.54, 1.807) is 10.7 Å². The number of benzene rings is 5. The van der Waals surface area contributed by atoms with E-state index in [-0.39, 0.29) is 33.5 Å². The lowest BCUT2D eigenvalue weighted by molar-refractivity contribution is -0.123. The monoisotopic (exact) mass is 1140 g/mol. The van der Waals surface area contributed by atoms with Crippen LogP contribution in [0.4, 0.5) is 22.7 Å². The Labute approximate surface area is 501 Å². The van der Waals surface area contributed by atoms with Crippen LogP contribution in [0.25, 0.3) is 11.4 Å². The number of carbonyl (C=O) groups is 2. The highest BCUT2D eigenvalue weighted by Gasteiger charge is 2.33. The second-order valence-electron chi connectivity index (χ2n) is 24.6. The Kier molecular flexibility index (Phi) is 20.8. The number of aromatic nitrogens is 3. The second-order valence-corrected chi connectivity index (χ2v) is 24.6. The van der Waals surface area contributed by atoms with Crippen molar-refractivity contribution in [3.05, 3.63) is 142 Å². The molecule has 2 unspecified atom stereocenters. The molecule has 13 nitrogen and oxygen atoms in total. The number of fused-ring (bicyclic) bond motifs is 1. The average molecular weight is 1140 g/mol. The average Bonchev–Trinajstić information content (AvgIpc) is 2.42. The van der Waals surface area contributed by atoms with Crippen molar-refractivity contribution < 1.29 is 23.8 Å². The third-order valence-corrected chi connectivity index (χ3v) is 17.5. The Hall–Kier alpha value is -7.72. The third kappa shape index (κ3) is 14.6. The number of nitrogens with one attached hydrogen (secondary N) is 2. The molecule has 1 aliphatic heterocycles. The van der Waals surface area contributed by atoms with Gasteiger partial charge in [-0.05, 0) is 152 Å². The Balaban J connectivity index is 1.29. The molecule has 5 aromatic carbocycles. The fourth-order valence-electron chi connectivity index (χ4n) is 10.0. The first kappa shape index (κ1) is 63.9. The number of carbonyl (C=O) groups excluding carboxylic acids is 2. The van der Waals surface area contributed by atoms with Gasteiger partial charge in [0.2, 0.25) is 5.82 Å². The molecule has 2 amide bonds. The minimum atomic E-state index is -0.851. The molecule has 0 fully saturated rings. The topological polar surface area (TPSA) is 145 Å². The molecule has 0 saturated heterocycles. The van der Waals surface area contributed by atoms with E-state index in [2.05, 4.69) is 155 Å². The molecular weight excluding hydrogens is 1040 g/mol. The minimum Gasteiger partial charge on any atom is -0.480 e. The summed E-state index contributed by atoms with van der Waals surface area (Å²) < 4.78 is 21.0. The van der Waals surface area contributed by atoms with E-state index in [1.165, 1.54) is 11.1 Å². The first-order chi connectivity index (χ1) is 40.0. The first-order valence-electron chi connectivity index (χ1n) is 30.6. The van der Waals surface area contributed by atoms with Crippen molar-refractivity contribution in [2.45, 2.75) is 203 Å². The van der Waals surface area contributed by atoms with Gasteiger partial charge in [-0.1, -0.05) is 158 Å². The first-order valence-corrected chi connectivity index (χ1v) is 30.6. The van der Waals surface area contributed by atoms with Crippen molar-refractivity contribution >= 4 is 46.0 Å². The van der Waals surface area contributed by atoms with Crippen molar-refractivity contribution in [2.75, 3.05) is 28.6 Å². The van der Waals surface area contributed by atoms with Crippen molar-refractivity contribution in [1.82, 2.24) is 14.9 Å². The van der Waals surface area contributed by atoms with Gasteiger partial charge < -0.3 is 29.7 Å². The minimum absolute atomic E-state index is 0.0383. The molecule has 446 valence electrons. The Morgan fingerprint density at radius 1 is 0.607 bits per heavy atom. The van der Waals surface area contributed by atoms with Gasteiger partial charge in [0, 0.05) is 46.8 Å². The summed E-state index contributed by atoms with van der Waals surface area (Å²) in [4.78, 5) is 36.9. The Morgan fingerprint density at radius 3 is 1.60 bits per heavy atom. The quantitative estimate of drug-likeness (QED) is 0.0511. The van der Waals surface area contributed by atoms with Crippen LogP contribution in [0.15, 0.2) is 113 Å². The lowest BCUT2D eigenvalue weighted by Crippen LogP contribution is -2.34. The SMILES string of the molecule is CCC1=Nn2c(nnc2-c2cc(NC(=O)C(CC)Oc3ccc(C(C)(C)CC)cc3C(C)(C)CC)cc(NC(=O)C(CC)Oc3ccc(C(C)(C)CC)cc3C(C)(C)CC)c2)/C1=N\c1ccc(N(CC)CC)cc1C#COCc1ccccc1. The summed E-state index contributed by atoms with van der Waals surface area (Å²) >= 11 is 0. The molecule has 0 radical (unpaired) electrons. The lowest BCUT2D eigenvalue weighted by atomic mass is 9.76. The summed E-state index contributed by atoms with van der Waals surface area (Å²) in [6, 6.07) is 34.2. The fourth-order valence-corrected chi connectivity index (χ4v) is 10.0. The fraction of sp³-hybridized carbons (Fsp3) is 0.465. The maximum Gasteiger partial charge on any atom is 0.265 e. The van der Waals surface area contributed by atoms with E-state index in [9.17, 15) is 9.59 Å². The normalized spacial score (nSPS) is 13.8. The molecule has 13 heteroatoms. The molecule has 0 spiro atoms. The van der Waals surface area contributed by atoms with E-state index in [0.717, 1.165) is 61.2 Å². The summed E-state index contributed by atoms with van der Waals surface area (Å²) in [7, 11) is 0. The van der Waals surface area contributed by atoms with Gasteiger partial charge in [0.05, 0.1) is 17.0 Å². The number of rotatable bonds is 26. The van der Waals surface area contributed by atoms with Crippen LogP contribution in [0.3, 0.4) is 0 Å². The van der Waals surface area contributed by atoms with Gasteiger partial charge in [-0.15, -0.1) is 10.2 Å². The zero-order chi connectivity index (χ0) is 61.1. The molecule has 2 N–H and O–H groups in total. The van der Waals surface area contributed by atoms with E-state index in [1.807, 2.05) is 87.5 Å². The highest BCUT2D eigenvalue weighted by molar-refractivity contribution is 6.49. The predicted molar refractivity (Wildman–Crippen MR) is 346 cm³/mol. The predicted octanol–water partition coefficient (Wildman–Crippen LogP) is 16.4. The van der Waals surface area contributed by atoms with Crippen LogP contribution in [-0.2, 0) is 42.6 Å². The molecule has 1 aromatic heterocycles. The number of amides is 2. The number of nitrogens with zero attached hydrogens (tertiary/aromatic N) is 6. The van der Waals surface area contributed by atoms with Crippen LogP contribution in [0.2, 0.25) is 0 Å². The van der Waals surface area contributed by atoms with Gasteiger partial charge in [-0.2, -0.15) is 9.78 Å². The summed E-state index contributed by atoms with van der Waals surface area (Å²) in [5.74, 6) is 4.74. The second kappa shape index (κ2) is 27.3. The van der Waals surface area contributed by atoms with Gasteiger partial charge in [0.15, 0.2) is 18.0 Å². The van der Waals surface area contributed by atoms with Gasteiger partial charge in [0.1, 0.15) is 29.9 Å². The van der Waals surface area contributed by atoms with Crippen LogP contribution in [0, 0.1) is 12.0 Å². The molecule has 7 rings (SSSR count). The van der Waals surface area contributed by atoms with Crippen LogP contribution in [-0.4, -0.2) is 63.4 Å². The van der Waals surface area contributed by atoms with E-state index in [0.29, 0.717) is 88.6 Å². The molecule has 6 aromatic rings. The summed E-state index contributed by atoms with van der Waals surface area (Å²) in [6.07, 6.45) is 6.27. The van der Waals surface area contributed by atoms with E-state index in [4.69, 9.17) is 34.5 Å². The Bertz CT molecular complexity index is 3290. The summed E-state index contributed by atoms with van der Waals surface area (Å²) in [5, 5.41) is 20.9. The summed E-state index contributed by atoms with van der Waals surface area (Å²) in [5.41, 5.74) is 10.0. The number of anilines is 3. The highest BCUT2D eigenvalue weighted by atomic mass is 16.5. The van der Waals surface area contributed by atoms with E-state index < -0.39 is 12.2 Å². The zero-order valence-electron chi connectivity index (χ0n) is 53.3. The number of ether oxygens (including phenoxy) is 3. The van der Waals surface area contributed by atoms with Gasteiger partial charge in [0.25, 0.3) is 11.8 Å². The molecule has 84 heavy (non-hydrogen) atoms. The third-order valence-electron chi connectivity index (χ3n) is 17.5. The van der Waals surface area contributed by atoms with Crippen molar-refractivity contribution in [3.63, 3.8) is 0 Å². The standard InChI is InChI=1S/C71H92N8O5/c1-18-57-63(74-58-35-34-54(78(25-8)26-9)42-48(58)38-39-82-46-47-30-28-27-29-31-47)65-76-75-64(79(65)77-57)49-40-52(72-66(80)59(19-2)83-61-36-32-50(68(10,11)21-4)43-55(61)70(14,15)23-6)45-53(41-49)73-67(81)60(20-3)84-62-37-33-51(69(12,13)22-5)44-56(62)71(16,17)24-7/h27-37,40-45,59-60H,18-26,46H2,1-17H3,(H,72,80)(H,73,81)/b74-63-. The van der Waals surface area contributed by atoms with Crippen molar-refractivity contribution in [2.24, 2.45) is 10.1 Å². The van der Waals surface area contributed by atoms with Crippen molar-refractivity contribution in [3.8, 4) is 34.9 Å². The Morgan fingerprint density at radius 2 is 1.12 bits per heavy atom. The number of hydrogen-bond donors (Lipinski definition) is 2. The molecule has 2 heterocycles. The van der Waals surface area contributed by atoms with Crippen molar-refractivity contribution in [1.29, 1.82) is 0 Å². The van der Waals surface area contributed by atoms with Crippen LogP contribution < -0.4 is 25.0 Å². The van der Waals surface area contributed by atoms with Gasteiger partial charge >= 0.3 is 0 Å².